The van der Waals surface area contributed by atoms with Crippen LogP contribution >= 0.6 is 11.9 Å². The third-order valence-electron chi connectivity index (χ3n) is 3.37. The summed E-state index contributed by atoms with van der Waals surface area (Å²) in [6.45, 7) is 4.00. The van der Waals surface area contributed by atoms with E-state index in [1.807, 2.05) is 27.1 Å². The van der Waals surface area contributed by atoms with Crippen LogP contribution in [0.25, 0.3) is 22.2 Å². The second-order valence-corrected chi connectivity index (χ2v) is 5.79. The van der Waals surface area contributed by atoms with Gasteiger partial charge in [0.25, 0.3) is 0 Å². The van der Waals surface area contributed by atoms with Crippen LogP contribution in [0.3, 0.4) is 0 Å². The first-order chi connectivity index (χ1) is 11.3. The van der Waals surface area contributed by atoms with Crippen LogP contribution in [-0.2, 0) is 6.42 Å². The fraction of sp³-hybridized carbons (Fsp3) is 0.294. The van der Waals surface area contributed by atoms with Crippen molar-refractivity contribution in [2.45, 2.75) is 20.3 Å². The zero-order valence-corrected chi connectivity index (χ0v) is 14.6. The van der Waals surface area contributed by atoms with Crippen LogP contribution < -0.4 is 10.5 Å². The molecule has 0 atom stereocenters. The average Bonchev–Trinajstić information content (AvgIpc) is 3.03. The van der Waals surface area contributed by atoms with Crippen LogP contribution in [0.15, 0.2) is 36.8 Å². The van der Waals surface area contributed by atoms with Crippen LogP contribution in [-0.4, -0.2) is 27.8 Å². The Labute approximate surface area is 141 Å². The maximum atomic E-state index is 5.99. The molecule has 0 fully saturated rings. The number of aromatic nitrogens is 3. The quantitative estimate of drug-likeness (QED) is 0.492. The number of rotatable bonds is 5. The number of nitrogens with one attached hydrogen (secondary N) is 2. The lowest BCUT2D eigenvalue weighted by Gasteiger charge is -2.05. The Morgan fingerprint density at radius 2 is 2.09 bits per heavy atom. The number of nitrogen functional groups attached to an aromatic ring is 1. The van der Waals surface area contributed by atoms with E-state index in [1.165, 1.54) is 11.9 Å². The monoisotopic (exact) mass is 329 g/mol. The molecular weight excluding hydrogens is 306 g/mol. The molecule has 0 unspecified atom stereocenters. The third kappa shape index (κ3) is 4.03. The molecule has 0 aliphatic heterocycles. The Bertz CT molecular complexity index is 754. The van der Waals surface area contributed by atoms with Gasteiger partial charge in [0, 0.05) is 17.5 Å². The predicted molar refractivity (Wildman–Crippen MR) is 100 cm³/mol. The van der Waals surface area contributed by atoms with Gasteiger partial charge in [-0.3, -0.25) is 4.72 Å². The molecule has 5 nitrogen and oxygen atoms in total. The minimum atomic E-state index is 0.507. The SMILES string of the molecule is CC.CNSCCc1cccc(-c2c[nH]c3ncnc(N)c23)c1. The Kier molecular flexibility index (Phi) is 6.43. The van der Waals surface area contributed by atoms with Gasteiger partial charge in [-0.2, -0.15) is 0 Å². The van der Waals surface area contributed by atoms with E-state index in [-0.39, 0.29) is 0 Å². The van der Waals surface area contributed by atoms with Gasteiger partial charge < -0.3 is 10.7 Å². The van der Waals surface area contributed by atoms with Gasteiger partial charge in [0.1, 0.15) is 17.8 Å². The van der Waals surface area contributed by atoms with Gasteiger partial charge in [0.2, 0.25) is 0 Å². The number of anilines is 1. The molecule has 2 heterocycles. The lowest BCUT2D eigenvalue weighted by atomic mass is 10.0. The van der Waals surface area contributed by atoms with E-state index in [9.17, 15) is 0 Å². The smallest absolute Gasteiger partial charge is 0.143 e. The number of nitrogens with two attached hydrogens (primary N) is 1. The highest BCUT2D eigenvalue weighted by molar-refractivity contribution is 7.97. The van der Waals surface area contributed by atoms with Crippen molar-refractivity contribution in [2.75, 3.05) is 18.5 Å². The topological polar surface area (TPSA) is 79.6 Å². The van der Waals surface area contributed by atoms with Gasteiger partial charge in [-0.25, -0.2) is 9.97 Å². The molecule has 3 rings (SSSR count). The molecule has 0 spiro atoms. The molecule has 0 aliphatic rings. The fourth-order valence-corrected chi connectivity index (χ4v) is 2.92. The first-order valence-corrected chi connectivity index (χ1v) is 8.73. The Balaban J connectivity index is 0.000000924. The highest BCUT2D eigenvalue weighted by atomic mass is 32.2. The van der Waals surface area contributed by atoms with E-state index in [1.54, 1.807) is 11.9 Å². The summed E-state index contributed by atoms with van der Waals surface area (Å²) < 4.78 is 3.09. The van der Waals surface area contributed by atoms with Gasteiger partial charge in [0.05, 0.1) is 5.39 Å². The minimum Gasteiger partial charge on any atom is -0.383 e. The molecule has 0 amide bonds. The van der Waals surface area contributed by atoms with Crippen LogP contribution in [0.2, 0.25) is 0 Å². The number of hydrogen-bond acceptors (Lipinski definition) is 5. The summed E-state index contributed by atoms with van der Waals surface area (Å²) >= 11 is 1.72. The highest BCUT2D eigenvalue weighted by Crippen LogP contribution is 2.31. The summed E-state index contributed by atoms with van der Waals surface area (Å²) in [5.41, 5.74) is 10.3. The number of nitrogens with zero attached hydrogens (tertiary/aromatic N) is 2. The number of aromatic amines is 1. The van der Waals surface area contributed by atoms with Crippen molar-refractivity contribution in [2.24, 2.45) is 0 Å². The van der Waals surface area contributed by atoms with Crippen molar-refractivity contribution in [1.29, 1.82) is 0 Å². The lowest BCUT2D eigenvalue weighted by molar-refractivity contribution is 1.14. The molecular formula is C17H23N5S. The summed E-state index contributed by atoms with van der Waals surface area (Å²) in [5, 5.41) is 0.888. The highest BCUT2D eigenvalue weighted by Gasteiger charge is 2.11. The zero-order chi connectivity index (χ0) is 16.7. The van der Waals surface area contributed by atoms with Crippen LogP contribution in [0.4, 0.5) is 5.82 Å². The molecule has 23 heavy (non-hydrogen) atoms. The first kappa shape index (κ1) is 17.3. The van der Waals surface area contributed by atoms with Crippen molar-refractivity contribution in [3.63, 3.8) is 0 Å². The number of hydrogen-bond donors (Lipinski definition) is 3. The van der Waals surface area contributed by atoms with Gasteiger partial charge in [-0.05, 0) is 24.6 Å². The molecule has 0 bridgehead atoms. The van der Waals surface area contributed by atoms with E-state index in [0.717, 1.165) is 34.3 Å². The van der Waals surface area contributed by atoms with Crippen molar-refractivity contribution in [3.05, 3.63) is 42.4 Å². The zero-order valence-electron chi connectivity index (χ0n) is 13.8. The van der Waals surface area contributed by atoms with E-state index in [4.69, 9.17) is 5.73 Å². The van der Waals surface area contributed by atoms with Crippen molar-refractivity contribution in [1.82, 2.24) is 19.7 Å². The minimum absolute atomic E-state index is 0.507. The maximum absolute atomic E-state index is 5.99. The molecule has 3 aromatic rings. The second-order valence-electron chi connectivity index (χ2n) is 4.69. The molecule has 1 aromatic carbocycles. The number of fused-ring (bicyclic) bond motifs is 1. The second kappa shape index (κ2) is 8.55. The molecule has 6 heteroatoms. The standard InChI is InChI=1S/C15H17N5S.C2H6/c1-17-21-6-5-10-3-2-4-11(7-10)12-8-18-15-13(12)14(16)19-9-20-15;1-2/h2-4,7-9,17H,5-6H2,1H3,(H3,16,18,19,20);1-2H3. The molecule has 4 N–H and O–H groups in total. The van der Waals surface area contributed by atoms with Crippen molar-refractivity contribution < 1.29 is 0 Å². The Morgan fingerprint density at radius 3 is 2.87 bits per heavy atom. The van der Waals surface area contributed by atoms with Gasteiger partial charge in [-0.15, -0.1) is 0 Å². The van der Waals surface area contributed by atoms with E-state index < -0.39 is 0 Å². The van der Waals surface area contributed by atoms with Crippen molar-refractivity contribution in [3.8, 4) is 11.1 Å². The number of benzene rings is 1. The fourth-order valence-electron chi connectivity index (χ4n) is 2.38. The summed E-state index contributed by atoms with van der Waals surface area (Å²) in [6, 6.07) is 8.51. The number of aryl methyl sites for hydroxylation is 1. The Hall–Kier alpha value is -2.05. The maximum Gasteiger partial charge on any atom is 0.143 e. The van der Waals surface area contributed by atoms with Crippen LogP contribution in [0, 0.1) is 0 Å². The van der Waals surface area contributed by atoms with Crippen LogP contribution in [0.5, 0.6) is 0 Å². The largest absolute Gasteiger partial charge is 0.383 e. The number of H-pyrrole nitrogens is 1. The van der Waals surface area contributed by atoms with E-state index in [0.29, 0.717) is 5.82 Å². The predicted octanol–water partition coefficient (Wildman–Crippen LogP) is 3.64. The summed E-state index contributed by atoms with van der Waals surface area (Å²) in [7, 11) is 1.94. The van der Waals surface area contributed by atoms with Gasteiger partial charge in [0.15, 0.2) is 0 Å². The summed E-state index contributed by atoms with van der Waals surface area (Å²) in [6.07, 6.45) is 4.44. The van der Waals surface area contributed by atoms with E-state index >= 15 is 0 Å². The van der Waals surface area contributed by atoms with Gasteiger partial charge in [-0.1, -0.05) is 50.1 Å². The molecule has 122 valence electrons. The molecule has 0 radical (unpaired) electrons. The van der Waals surface area contributed by atoms with Crippen LogP contribution in [0.1, 0.15) is 19.4 Å². The normalized spacial score (nSPS) is 10.4. The molecule has 0 saturated heterocycles. The molecule has 0 aliphatic carbocycles. The summed E-state index contributed by atoms with van der Waals surface area (Å²) in [4.78, 5) is 11.5. The first-order valence-electron chi connectivity index (χ1n) is 7.75. The van der Waals surface area contributed by atoms with Gasteiger partial charge >= 0.3 is 0 Å². The molecule has 0 saturated carbocycles. The third-order valence-corrected chi connectivity index (χ3v) is 4.07. The van der Waals surface area contributed by atoms with Crippen molar-refractivity contribution >= 4 is 28.8 Å². The van der Waals surface area contributed by atoms with E-state index in [2.05, 4.69) is 43.9 Å². The summed E-state index contributed by atoms with van der Waals surface area (Å²) in [5.74, 6) is 1.55. The molecule has 2 aromatic heterocycles. The Morgan fingerprint density at radius 1 is 1.26 bits per heavy atom. The average molecular weight is 329 g/mol. The lowest BCUT2D eigenvalue weighted by Crippen LogP contribution is -1.97.